The van der Waals surface area contributed by atoms with Gasteiger partial charge in [0.05, 0.1) is 4.90 Å². The Labute approximate surface area is 124 Å². The molecule has 2 rings (SSSR count). The first-order chi connectivity index (χ1) is 9.29. The number of rotatable bonds is 3. The zero-order valence-corrected chi connectivity index (χ0v) is 12.8. The summed E-state index contributed by atoms with van der Waals surface area (Å²) in [7, 11) is -2.18. The highest BCUT2D eigenvalue weighted by atomic mass is 79.9. The molecule has 0 aliphatic rings. The van der Waals surface area contributed by atoms with Crippen molar-refractivity contribution >= 4 is 37.5 Å². The van der Waals surface area contributed by atoms with Gasteiger partial charge in [-0.3, -0.25) is 4.79 Å². The minimum atomic E-state index is -3.74. The number of carbonyl (C=O) groups excluding carboxylic acids is 1. The van der Waals surface area contributed by atoms with Gasteiger partial charge < -0.3 is 9.32 Å². The minimum absolute atomic E-state index is 0.0113. The molecule has 2 N–H and O–H groups in total. The van der Waals surface area contributed by atoms with Gasteiger partial charge in [0, 0.05) is 12.7 Å². The minimum Gasteiger partial charge on any atom is -0.444 e. The lowest BCUT2D eigenvalue weighted by molar-refractivity contribution is 0.0965. The summed E-state index contributed by atoms with van der Waals surface area (Å²) in [4.78, 5) is 13.4. The van der Waals surface area contributed by atoms with Crippen LogP contribution in [0.3, 0.4) is 0 Å². The van der Waals surface area contributed by atoms with Crippen molar-refractivity contribution in [3.05, 3.63) is 46.8 Å². The van der Waals surface area contributed by atoms with E-state index in [-0.39, 0.29) is 16.6 Å². The topological polar surface area (TPSA) is 93.6 Å². The number of nitrogens with two attached hydrogens (primary N) is 1. The van der Waals surface area contributed by atoms with Crippen LogP contribution in [0.2, 0.25) is 0 Å². The third-order valence-corrected chi connectivity index (χ3v) is 4.00. The SMILES string of the molecule is CN(C(=O)c1ccc(Br)o1)c1ccc(S(N)(=O)=O)cc1. The molecular formula is C12H11BrN2O4S. The second-order valence-electron chi connectivity index (χ2n) is 4.01. The Hall–Kier alpha value is -1.64. The van der Waals surface area contributed by atoms with E-state index >= 15 is 0 Å². The molecule has 0 saturated heterocycles. The Kier molecular flexibility index (Phi) is 3.98. The standard InChI is InChI=1S/C12H11BrN2O4S/c1-15(12(16)10-6-7-11(13)19-10)8-2-4-9(5-3-8)20(14,17)18/h2-7H,1H3,(H2,14,17,18). The number of carbonyl (C=O) groups is 1. The second-order valence-corrected chi connectivity index (χ2v) is 6.35. The number of hydrogen-bond acceptors (Lipinski definition) is 4. The van der Waals surface area contributed by atoms with E-state index in [4.69, 9.17) is 9.56 Å². The van der Waals surface area contributed by atoms with E-state index in [1.165, 1.54) is 29.2 Å². The summed E-state index contributed by atoms with van der Waals surface area (Å²) in [5, 5.41) is 5.01. The molecule has 0 saturated carbocycles. The van der Waals surface area contributed by atoms with Crippen LogP contribution in [-0.2, 0) is 10.0 Å². The predicted octanol–water partition coefficient (Wildman–Crippen LogP) is 1.97. The van der Waals surface area contributed by atoms with Crippen LogP contribution in [-0.4, -0.2) is 21.4 Å². The molecule has 106 valence electrons. The van der Waals surface area contributed by atoms with Crippen LogP contribution in [0.4, 0.5) is 5.69 Å². The molecule has 0 bridgehead atoms. The molecular weight excluding hydrogens is 348 g/mol. The van der Waals surface area contributed by atoms with Crippen LogP contribution in [0.15, 0.2) is 50.4 Å². The Balaban J connectivity index is 2.25. The van der Waals surface area contributed by atoms with Gasteiger partial charge in [-0.05, 0) is 52.3 Å². The number of benzene rings is 1. The smallest absolute Gasteiger partial charge is 0.293 e. The summed E-state index contributed by atoms with van der Waals surface area (Å²) in [6, 6.07) is 8.83. The van der Waals surface area contributed by atoms with Crippen molar-refractivity contribution in [3.63, 3.8) is 0 Å². The molecule has 1 heterocycles. The number of anilines is 1. The van der Waals surface area contributed by atoms with Gasteiger partial charge >= 0.3 is 0 Å². The summed E-state index contributed by atoms with van der Waals surface area (Å²) in [5.41, 5.74) is 0.523. The molecule has 2 aromatic rings. The van der Waals surface area contributed by atoms with Crippen LogP contribution >= 0.6 is 15.9 Å². The van der Waals surface area contributed by atoms with Gasteiger partial charge in [-0.2, -0.15) is 0 Å². The molecule has 6 nitrogen and oxygen atoms in total. The van der Waals surface area contributed by atoms with Gasteiger partial charge in [-0.1, -0.05) is 0 Å². The molecule has 0 unspecified atom stereocenters. The molecule has 0 atom stereocenters. The lowest BCUT2D eigenvalue weighted by Gasteiger charge is -2.16. The highest BCUT2D eigenvalue weighted by Gasteiger charge is 2.17. The molecule has 0 aliphatic heterocycles. The maximum Gasteiger partial charge on any atom is 0.293 e. The largest absolute Gasteiger partial charge is 0.444 e. The Morgan fingerprint density at radius 3 is 2.25 bits per heavy atom. The van der Waals surface area contributed by atoms with Crippen molar-refractivity contribution in [3.8, 4) is 0 Å². The average Bonchev–Trinajstić information content (AvgIpc) is 2.83. The molecule has 0 fully saturated rings. The van der Waals surface area contributed by atoms with Crippen molar-refractivity contribution in [2.24, 2.45) is 5.14 Å². The van der Waals surface area contributed by atoms with Gasteiger partial charge in [-0.15, -0.1) is 0 Å². The molecule has 1 aromatic heterocycles. The van der Waals surface area contributed by atoms with Crippen molar-refractivity contribution < 1.29 is 17.6 Å². The van der Waals surface area contributed by atoms with E-state index in [9.17, 15) is 13.2 Å². The summed E-state index contributed by atoms with van der Waals surface area (Å²) in [6.45, 7) is 0. The predicted molar refractivity (Wildman–Crippen MR) is 77.0 cm³/mol. The van der Waals surface area contributed by atoms with Gasteiger partial charge in [0.1, 0.15) is 0 Å². The van der Waals surface area contributed by atoms with E-state index in [0.29, 0.717) is 10.4 Å². The third-order valence-electron chi connectivity index (χ3n) is 2.64. The number of halogens is 1. The number of nitrogens with zero attached hydrogens (tertiary/aromatic N) is 1. The van der Waals surface area contributed by atoms with Crippen molar-refractivity contribution in [2.75, 3.05) is 11.9 Å². The van der Waals surface area contributed by atoms with Crippen LogP contribution in [0.5, 0.6) is 0 Å². The summed E-state index contributed by atoms with van der Waals surface area (Å²) >= 11 is 3.12. The zero-order chi connectivity index (χ0) is 14.9. The Morgan fingerprint density at radius 1 is 1.20 bits per heavy atom. The number of hydrogen-bond donors (Lipinski definition) is 1. The molecule has 8 heteroatoms. The van der Waals surface area contributed by atoms with E-state index < -0.39 is 10.0 Å². The summed E-state index contributed by atoms with van der Waals surface area (Å²) < 4.78 is 27.9. The summed E-state index contributed by atoms with van der Waals surface area (Å²) in [6.07, 6.45) is 0. The van der Waals surface area contributed by atoms with Gasteiger partial charge in [0.2, 0.25) is 10.0 Å². The highest BCUT2D eigenvalue weighted by molar-refractivity contribution is 9.10. The van der Waals surface area contributed by atoms with Crippen LogP contribution < -0.4 is 10.0 Å². The van der Waals surface area contributed by atoms with E-state index in [1.807, 2.05) is 0 Å². The fourth-order valence-corrected chi connectivity index (χ4v) is 2.39. The van der Waals surface area contributed by atoms with Gasteiger partial charge in [0.15, 0.2) is 10.4 Å². The lowest BCUT2D eigenvalue weighted by Crippen LogP contribution is -2.25. The van der Waals surface area contributed by atoms with Crippen LogP contribution in [0, 0.1) is 0 Å². The van der Waals surface area contributed by atoms with E-state index in [2.05, 4.69) is 15.9 Å². The fourth-order valence-electron chi connectivity index (χ4n) is 1.57. The van der Waals surface area contributed by atoms with Crippen molar-refractivity contribution in [1.29, 1.82) is 0 Å². The average molecular weight is 359 g/mol. The Morgan fingerprint density at radius 2 is 1.80 bits per heavy atom. The maximum atomic E-state index is 12.1. The van der Waals surface area contributed by atoms with E-state index in [1.54, 1.807) is 19.2 Å². The van der Waals surface area contributed by atoms with Crippen molar-refractivity contribution in [2.45, 2.75) is 4.90 Å². The van der Waals surface area contributed by atoms with Crippen LogP contribution in [0.25, 0.3) is 0 Å². The van der Waals surface area contributed by atoms with Crippen molar-refractivity contribution in [1.82, 2.24) is 0 Å². The first-order valence-corrected chi connectivity index (χ1v) is 7.79. The number of primary sulfonamides is 1. The normalized spacial score (nSPS) is 11.3. The Bertz CT molecular complexity index is 737. The third kappa shape index (κ3) is 3.09. The molecule has 0 spiro atoms. The first-order valence-electron chi connectivity index (χ1n) is 5.45. The van der Waals surface area contributed by atoms with Gasteiger partial charge in [-0.25, -0.2) is 13.6 Å². The van der Waals surface area contributed by atoms with Crippen LogP contribution in [0.1, 0.15) is 10.6 Å². The number of sulfonamides is 1. The zero-order valence-electron chi connectivity index (χ0n) is 10.4. The fraction of sp³-hybridized carbons (Fsp3) is 0.0833. The lowest BCUT2D eigenvalue weighted by atomic mass is 10.3. The number of furan rings is 1. The molecule has 0 radical (unpaired) electrons. The van der Waals surface area contributed by atoms with Gasteiger partial charge in [0.25, 0.3) is 5.91 Å². The summed E-state index contributed by atoms with van der Waals surface area (Å²) in [5.74, 6) is -0.172. The molecule has 20 heavy (non-hydrogen) atoms. The number of amides is 1. The monoisotopic (exact) mass is 358 g/mol. The first kappa shape index (κ1) is 14.8. The van der Waals surface area contributed by atoms with E-state index in [0.717, 1.165) is 0 Å². The molecule has 0 aliphatic carbocycles. The maximum absolute atomic E-state index is 12.1. The second kappa shape index (κ2) is 5.39. The quantitative estimate of drug-likeness (QED) is 0.907. The molecule has 1 amide bonds. The highest BCUT2D eigenvalue weighted by Crippen LogP contribution is 2.20. The molecule has 1 aromatic carbocycles.